The smallest absolute Gasteiger partial charge is 0.160 e. The Bertz CT molecular complexity index is 570. The number of ether oxygens (including phenoxy) is 1. The summed E-state index contributed by atoms with van der Waals surface area (Å²) in [6, 6.07) is 7.34. The third-order valence-corrected chi connectivity index (χ3v) is 2.92. The van der Waals surface area contributed by atoms with E-state index < -0.39 is 0 Å². The van der Waals surface area contributed by atoms with Gasteiger partial charge in [0, 0.05) is 19.2 Å². The lowest BCUT2D eigenvalue weighted by Gasteiger charge is -2.10. The number of aryl methyl sites for hydroxylation is 2. The van der Waals surface area contributed by atoms with E-state index in [9.17, 15) is 5.11 Å². The van der Waals surface area contributed by atoms with Crippen LogP contribution in [0.5, 0.6) is 11.5 Å². The van der Waals surface area contributed by atoms with Crippen LogP contribution in [0, 0.1) is 6.92 Å². The number of phenolic OH excluding ortho intramolecular Hbond substituents is 1. The molecule has 0 saturated heterocycles. The molecule has 0 fully saturated rings. The molecule has 0 atom stereocenters. The van der Waals surface area contributed by atoms with Crippen molar-refractivity contribution in [3.8, 4) is 11.5 Å². The third kappa shape index (κ3) is 3.57. The lowest BCUT2D eigenvalue weighted by atomic mass is 10.2. The molecule has 2 N–H and O–H groups in total. The van der Waals surface area contributed by atoms with Gasteiger partial charge in [-0.2, -0.15) is 5.10 Å². The number of hydrogen-bond acceptors (Lipinski definition) is 4. The summed E-state index contributed by atoms with van der Waals surface area (Å²) in [5, 5.41) is 17.3. The average molecular weight is 298 g/mol. The Kier molecular flexibility index (Phi) is 5.70. The van der Waals surface area contributed by atoms with Gasteiger partial charge in [-0.3, -0.25) is 0 Å². The van der Waals surface area contributed by atoms with Crippen molar-refractivity contribution in [2.45, 2.75) is 26.9 Å². The second kappa shape index (κ2) is 7.05. The van der Waals surface area contributed by atoms with Gasteiger partial charge in [0.2, 0.25) is 0 Å². The normalized spacial score (nSPS) is 9.95. The number of nitrogens with one attached hydrogen (secondary N) is 1. The first-order chi connectivity index (χ1) is 9.13. The molecule has 0 saturated carbocycles. The van der Waals surface area contributed by atoms with E-state index in [2.05, 4.69) is 17.3 Å². The summed E-state index contributed by atoms with van der Waals surface area (Å²) in [6.07, 6.45) is 0. The molecule has 1 heterocycles. The van der Waals surface area contributed by atoms with Crippen molar-refractivity contribution in [3.05, 3.63) is 35.5 Å². The molecule has 0 amide bonds. The van der Waals surface area contributed by atoms with Gasteiger partial charge in [-0.1, -0.05) is 6.07 Å². The van der Waals surface area contributed by atoms with Crippen molar-refractivity contribution in [1.29, 1.82) is 0 Å². The minimum Gasteiger partial charge on any atom is -0.504 e. The van der Waals surface area contributed by atoms with E-state index in [1.165, 1.54) is 0 Å². The fourth-order valence-electron chi connectivity index (χ4n) is 1.95. The van der Waals surface area contributed by atoms with Crippen LogP contribution < -0.4 is 10.1 Å². The number of anilines is 1. The second-order valence-corrected chi connectivity index (χ2v) is 4.35. The minimum atomic E-state index is 0. The number of methoxy groups -OCH3 is 1. The predicted molar refractivity (Wildman–Crippen MR) is 81.9 cm³/mol. The summed E-state index contributed by atoms with van der Waals surface area (Å²) >= 11 is 0. The Hall–Kier alpha value is -1.88. The van der Waals surface area contributed by atoms with Gasteiger partial charge in [0.05, 0.1) is 12.8 Å². The van der Waals surface area contributed by atoms with Gasteiger partial charge in [-0.25, -0.2) is 4.68 Å². The van der Waals surface area contributed by atoms with E-state index in [4.69, 9.17) is 4.74 Å². The number of halogens is 1. The fourth-order valence-corrected chi connectivity index (χ4v) is 1.95. The first-order valence-corrected chi connectivity index (χ1v) is 6.28. The number of rotatable bonds is 5. The average Bonchev–Trinajstić information content (AvgIpc) is 2.78. The van der Waals surface area contributed by atoms with Crippen molar-refractivity contribution in [1.82, 2.24) is 9.78 Å². The molecule has 0 radical (unpaired) electrons. The van der Waals surface area contributed by atoms with Crippen LogP contribution in [0.1, 0.15) is 18.2 Å². The molecule has 0 unspecified atom stereocenters. The lowest BCUT2D eigenvalue weighted by molar-refractivity contribution is 0.373. The van der Waals surface area contributed by atoms with E-state index in [0.29, 0.717) is 12.3 Å². The molecular weight excluding hydrogens is 278 g/mol. The number of benzene rings is 1. The number of phenols is 1. The van der Waals surface area contributed by atoms with Crippen LogP contribution in [0.4, 0.5) is 5.82 Å². The van der Waals surface area contributed by atoms with Gasteiger partial charge in [-0.05, 0) is 31.5 Å². The molecule has 110 valence electrons. The minimum absolute atomic E-state index is 0. The van der Waals surface area contributed by atoms with E-state index in [-0.39, 0.29) is 18.2 Å². The topological polar surface area (TPSA) is 59.3 Å². The number of nitrogens with zero attached hydrogens (tertiary/aromatic N) is 2. The standard InChI is InChI=1S/C14H19N3O2.ClH/c1-4-17-14(7-10(2)16-17)15-9-11-5-6-12(18)13(8-11)19-3;/h5-8,15,18H,4,9H2,1-3H3;1H. The van der Waals surface area contributed by atoms with Crippen LogP contribution >= 0.6 is 12.4 Å². The van der Waals surface area contributed by atoms with Gasteiger partial charge in [0.25, 0.3) is 0 Å². The zero-order valence-corrected chi connectivity index (χ0v) is 12.7. The van der Waals surface area contributed by atoms with Crippen molar-refractivity contribution < 1.29 is 9.84 Å². The maximum atomic E-state index is 9.55. The summed E-state index contributed by atoms with van der Waals surface area (Å²) in [6.45, 7) is 5.51. The molecule has 0 aliphatic carbocycles. The third-order valence-electron chi connectivity index (χ3n) is 2.92. The van der Waals surface area contributed by atoms with Crippen LogP contribution in [0.3, 0.4) is 0 Å². The summed E-state index contributed by atoms with van der Waals surface area (Å²) in [7, 11) is 1.54. The van der Waals surface area contributed by atoms with Gasteiger partial charge in [-0.15, -0.1) is 12.4 Å². The molecule has 2 aromatic rings. The Labute approximate surface area is 125 Å². The van der Waals surface area contributed by atoms with Crippen LogP contribution in [0.25, 0.3) is 0 Å². The molecule has 0 aliphatic rings. The Morgan fingerprint density at radius 2 is 2.10 bits per heavy atom. The summed E-state index contributed by atoms with van der Waals surface area (Å²) in [4.78, 5) is 0. The highest BCUT2D eigenvalue weighted by Gasteiger charge is 2.05. The summed E-state index contributed by atoms with van der Waals surface area (Å²) < 4.78 is 7.01. The van der Waals surface area contributed by atoms with Gasteiger partial charge in [0.1, 0.15) is 5.82 Å². The van der Waals surface area contributed by atoms with E-state index >= 15 is 0 Å². The highest BCUT2D eigenvalue weighted by Crippen LogP contribution is 2.26. The molecule has 6 heteroatoms. The highest BCUT2D eigenvalue weighted by atomic mass is 35.5. The molecule has 5 nitrogen and oxygen atoms in total. The summed E-state index contributed by atoms with van der Waals surface area (Å²) in [5.74, 6) is 1.63. The predicted octanol–water partition coefficient (Wildman–Crippen LogP) is 2.96. The van der Waals surface area contributed by atoms with Gasteiger partial charge < -0.3 is 15.2 Å². The van der Waals surface area contributed by atoms with Crippen molar-refractivity contribution >= 4 is 18.2 Å². The van der Waals surface area contributed by atoms with Crippen LogP contribution in [-0.4, -0.2) is 22.0 Å². The lowest BCUT2D eigenvalue weighted by Crippen LogP contribution is -2.06. The molecule has 0 aliphatic heterocycles. The maximum Gasteiger partial charge on any atom is 0.160 e. The highest BCUT2D eigenvalue weighted by molar-refractivity contribution is 5.85. The second-order valence-electron chi connectivity index (χ2n) is 4.35. The Morgan fingerprint density at radius 3 is 2.75 bits per heavy atom. The molecule has 1 aromatic heterocycles. The molecule has 0 bridgehead atoms. The molecule has 20 heavy (non-hydrogen) atoms. The van der Waals surface area contributed by atoms with Crippen LogP contribution in [0.2, 0.25) is 0 Å². The first kappa shape index (κ1) is 16.2. The summed E-state index contributed by atoms with van der Waals surface area (Å²) in [5.41, 5.74) is 2.03. The molecular formula is C14H20ClN3O2. The van der Waals surface area contributed by atoms with E-state index in [0.717, 1.165) is 23.6 Å². The number of aromatic hydroxyl groups is 1. The fraction of sp³-hybridized carbons (Fsp3) is 0.357. The maximum absolute atomic E-state index is 9.55. The van der Waals surface area contributed by atoms with Crippen LogP contribution in [-0.2, 0) is 13.1 Å². The Morgan fingerprint density at radius 1 is 1.35 bits per heavy atom. The van der Waals surface area contributed by atoms with Crippen LogP contribution in [0.15, 0.2) is 24.3 Å². The van der Waals surface area contributed by atoms with Gasteiger partial charge >= 0.3 is 0 Å². The zero-order chi connectivity index (χ0) is 13.8. The van der Waals surface area contributed by atoms with E-state index in [1.54, 1.807) is 13.2 Å². The SMILES string of the molecule is CCn1nc(C)cc1NCc1ccc(O)c(OC)c1.Cl. The Balaban J connectivity index is 0.00000200. The number of aromatic nitrogens is 2. The van der Waals surface area contributed by atoms with Crippen molar-refractivity contribution in [2.75, 3.05) is 12.4 Å². The molecule has 1 aromatic carbocycles. The molecule has 0 spiro atoms. The van der Waals surface area contributed by atoms with Crippen molar-refractivity contribution in [3.63, 3.8) is 0 Å². The molecule has 2 rings (SSSR count). The largest absolute Gasteiger partial charge is 0.504 e. The number of hydrogen-bond donors (Lipinski definition) is 2. The monoisotopic (exact) mass is 297 g/mol. The van der Waals surface area contributed by atoms with Crippen molar-refractivity contribution in [2.24, 2.45) is 0 Å². The zero-order valence-electron chi connectivity index (χ0n) is 11.9. The first-order valence-electron chi connectivity index (χ1n) is 6.28. The quantitative estimate of drug-likeness (QED) is 0.891. The van der Waals surface area contributed by atoms with E-state index in [1.807, 2.05) is 29.8 Å². The van der Waals surface area contributed by atoms with Gasteiger partial charge in [0.15, 0.2) is 11.5 Å².